The van der Waals surface area contributed by atoms with Crippen molar-refractivity contribution >= 4 is 11.9 Å². The van der Waals surface area contributed by atoms with E-state index in [1.165, 1.54) is 6.92 Å². The lowest BCUT2D eigenvalue weighted by Gasteiger charge is -2.27. The molecule has 12 heteroatoms. The van der Waals surface area contributed by atoms with Gasteiger partial charge >= 0.3 is 17.6 Å². The molecule has 1 aliphatic rings. The van der Waals surface area contributed by atoms with Gasteiger partial charge in [0.2, 0.25) is 0 Å². The van der Waals surface area contributed by atoms with E-state index < -0.39 is 47.3 Å². The first kappa shape index (κ1) is 20.2. The molecule has 0 saturated carbocycles. The number of aromatic nitrogens is 2. The summed E-state index contributed by atoms with van der Waals surface area (Å²) in [6.45, 7) is 4.45. The van der Waals surface area contributed by atoms with E-state index in [0.717, 1.165) is 16.8 Å². The van der Waals surface area contributed by atoms with Crippen LogP contribution in [0.2, 0.25) is 0 Å². The number of hydrogen-bond donors (Lipinski definition) is 1. The number of azide groups is 1. The van der Waals surface area contributed by atoms with Crippen LogP contribution < -0.4 is 11.2 Å². The fraction of sp³-hybridized carbons (Fsp3) is 0.600. The molecule has 12 nitrogen and oxygen atoms in total. The Balaban J connectivity index is 2.57. The third-order valence-corrected chi connectivity index (χ3v) is 3.94. The van der Waals surface area contributed by atoms with E-state index in [1.807, 2.05) is 4.98 Å². The second-order valence-electron chi connectivity index (χ2n) is 5.84. The molecule has 0 aromatic carbocycles. The standard InChI is InChI=1S/C15H19N5O7/c1-4-9(22)25-11-12(26-10(23)5-2)15(3,18-19-16)27-13(11)20-7-6-8(21)17-14(20)24/h6-7,11-13H,4-5H2,1-3H3,(H,17,21,24)/t11-,12+,13-,15+/m1/s1. The number of esters is 2. The molecule has 2 heterocycles. The molecular formula is C15H19N5O7. The Hall–Kier alpha value is -3.11. The smallest absolute Gasteiger partial charge is 0.330 e. The Kier molecular flexibility index (Phi) is 6.03. The molecule has 0 aliphatic carbocycles. The summed E-state index contributed by atoms with van der Waals surface area (Å²) in [7, 11) is 0. The molecule has 0 radical (unpaired) electrons. The summed E-state index contributed by atoms with van der Waals surface area (Å²) in [6, 6.07) is 1.07. The summed E-state index contributed by atoms with van der Waals surface area (Å²) in [5.74, 6) is -1.29. The minimum Gasteiger partial charge on any atom is -0.455 e. The van der Waals surface area contributed by atoms with Crippen molar-refractivity contribution in [3.05, 3.63) is 43.5 Å². The van der Waals surface area contributed by atoms with Crippen LogP contribution in [-0.4, -0.2) is 39.4 Å². The van der Waals surface area contributed by atoms with Gasteiger partial charge in [-0.05, 0) is 12.5 Å². The first-order valence-corrected chi connectivity index (χ1v) is 8.20. The van der Waals surface area contributed by atoms with Crippen LogP contribution in [0, 0.1) is 0 Å². The highest BCUT2D eigenvalue weighted by atomic mass is 16.7. The Morgan fingerprint density at radius 3 is 2.52 bits per heavy atom. The van der Waals surface area contributed by atoms with E-state index in [0.29, 0.717) is 0 Å². The Morgan fingerprint density at radius 2 is 1.96 bits per heavy atom. The molecular weight excluding hydrogens is 362 g/mol. The third kappa shape index (κ3) is 4.18. The monoisotopic (exact) mass is 381 g/mol. The molecule has 1 N–H and O–H groups in total. The van der Waals surface area contributed by atoms with Crippen LogP contribution in [0.1, 0.15) is 39.8 Å². The van der Waals surface area contributed by atoms with E-state index in [1.54, 1.807) is 13.8 Å². The van der Waals surface area contributed by atoms with Crippen molar-refractivity contribution in [2.45, 2.75) is 57.8 Å². The van der Waals surface area contributed by atoms with Gasteiger partial charge in [-0.15, -0.1) is 0 Å². The number of aromatic amines is 1. The lowest BCUT2D eigenvalue weighted by atomic mass is 10.1. The number of ether oxygens (including phenoxy) is 3. The quantitative estimate of drug-likeness (QED) is 0.328. The van der Waals surface area contributed by atoms with Crippen LogP contribution >= 0.6 is 0 Å². The van der Waals surface area contributed by atoms with Crippen molar-refractivity contribution in [2.24, 2.45) is 5.11 Å². The van der Waals surface area contributed by atoms with Crippen molar-refractivity contribution in [3.63, 3.8) is 0 Å². The number of H-pyrrole nitrogens is 1. The molecule has 4 atom stereocenters. The number of carbonyl (C=O) groups is 2. The number of carbonyl (C=O) groups excluding carboxylic acids is 2. The number of rotatable bonds is 6. The molecule has 1 saturated heterocycles. The van der Waals surface area contributed by atoms with Gasteiger partial charge in [0, 0.05) is 30.0 Å². The van der Waals surface area contributed by atoms with E-state index in [9.17, 15) is 19.2 Å². The zero-order chi connectivity index (χ0) is 20.2. The lowest BCUT2D eigenvalue weighted by molar-refractivity contribution is -0.170. The van der Waals surface area contributed by atoms with Gasteiger partial charge in [0.15, 0.2) is 24.2 Å². The van der Waals surface area contributed by atoms with E-state index >= 15 is 0 Å². The van der Waals surface area contributed by atoms with E-state index in [-0.39, 0.29) is 12.8 Å². The summed E-state index contributed by atoms with van der Waals surface area (Å²) < 4.78 is 17.3. The molecule has 0 bridgehead atoms. The van der Waals surface area contributed by atoms with Gasteiger partial charge < -0.3 is 14.2 Å². The van der Waals surface area contributed by atoms with Gasteiger partial charge in [-0.25, -0.2) is 4.79 Å². The van der Waals surface area contributed by atoms with Crippen LogP contribution in [0.5, 0.6) is 0 Å². The van der Waals surface area contributed by atoms with Gasteiger partial charge in [0.1, 0.15) is 0 Å². The SMILES string of the molecule is CCC(=O)O[C@H]1[C@H](n2ccc(=O)[nH]c2=O)O[C@](C)(N=[N+]=[N-])[C@H]1OC(=O)CC. The van der Waals surface area contributed by atoms with Crippen LogP contribution in [0.3, 0.4) is 0 Å². The zero-order valence-electron chi connectivity index (χ0n) is 14.9. The average molecular weight is 381 g/mol. The molecule has 1 aliphatic heterocycles. The second-order valence-corrected chi connectivity index (χ2v) is 5.84. The predicted molar refractivity (Wildman–Crippen MR) is 89.3 cm³/mol. The molecule has 0 spiro atoms. The van der Waals surface area contributed by atoms with Crippen LogP contribution in [0.4, 0.5) is 0 Å². The minimum absolute atomic E-state index is 0.0103. The normalized spacial score (nSPS) is 26.9. The molecule has 27 heavy (non-hydrogen) atoms. The largest absolute Gasteiger partial charge is 0.455 e. The summed E-state index contributed by atoms with van der Waals surface area (Å²) in [5, 5.41) is 3.53. The van der Waals surface area contributed by atoms with Crippen molar-refractivity contribution in [2.75, 3.05) is 0 Å². The van der Waals surface area contributed by atoms with Gasteiger partial charge in [0.05, 0.1) is 0 Å². The van der Waals surface area contributed by atoms with Crippen molar-refractivity contribution in [1.29, 1.82) is 0 Å². The molecule has 1 fully saturated rings. The molecule has 1 aromatic rings. The maximum atomic E-state index is 12.2. The number of hydrogen-bond acceptors (Lipinski definition) is 8. The van der Waals surface area contributed by atoms with Crippen LogP contribution in [0.25, 0.3) is 10.4 Å². The average Bonchev–Trinajstić information content (AvgIpc) is 2.87. The Morgan fingerprint density at radius 1 is 1.33 bits per heavy atom. The summed E-state index contributed by atoms with van der Waals surface area (Å²) in [5.41, 5.74) is 5.65. The predicted octanol–water partition coefficient (Wildman–Crippen LogP) is 0.735. The lowest BCUT2D eigenvalue weighted by Crippen LogP contribution is -2.45. The van der Waals surface area contributed by atoms with Gasteiger partial charge in [-0.3, -0.25) is 23.9 Å². The Bertz CT molecular complexity index is 887. The van der Waals surface area contributed by atoms with Crippen molar-refractivity contribution in [1.82, 2.24) is 9.55 Å². The third-order valence-electron chi connectivity index (χ3n) is 3.94. The Labute approximate surface area is 152 Å². The summed E-state index contributed by atoms with van der Waals surface area (Å²) in [6.07, 6.45) is -2.72. The maximum Gasteiger partial charge on any atom is 0.330 e. The van der Waals surface area contributed by atoms with E-state index in [2.05, 4.69) is 10.0 Å². The highest BCUT2D eigenvalue weighted by Crippen LogP contribution is 2.41. The van der Waals surface area contributed by atoms with Gasteiger partial charge in [-0.2, -0.15) is 0 Å². The fourth-order valence-electron chi connectivity index (χ4n) is 2.60. The first-order chi connectivity index (χ1) is 12.8. The van der Waals surface area contributed by atoms with Crippen LogP contribution in [-0.2, 0) is 23.8 Å². The molecule has 2 rings (SSSR count). The van der Waals surface area contributed by atoms with Crippen molar-refractivity contribution in [3.8, 4) is 0 Å². The summed E-state index contributed by atoms with van der Waals surface area (Å²) in [4.78, 5) is 51.9. The maximum absolute atomic E-state index is 12.2. The van der Waals surface area contributed by atoms with Gasteiger partial charge in [0.25, 0.3) is 5.56 Å². The van der Waals surface area contributed by atoms with Crippen LogP contribution in [0.15, 0.2) is 27.0 Å². The highest BCUT2D eigenvalue weighted by Gasteiger charge is 2.57. The minimum atomic E-state index is -1.75. The van der Waals surface area contributed by atoms with Gasteiger partial charge in [-0.1, -0.05) is 19.0 Å². The summed E-state index contributed by atoms with van der Waals surface area (Å²) >= 11 is 0. The fourth-order valence-corrected chi connectivity index (χ4v) is 2.60. The zero-order valence-corrected chi connectivity index (χ0v) is 14.9. The molecule has 0 unspecified atom stereocenters. The molecule has 1 aromatic heterocycles. The molecule has 146 valence electrons. The van der Waals surface area contributed by atoms with E-state index in [4.69, 9.17) is 19.7 Å². The topological polar surface area (TPSA) is 165 Å². The first-order valence-electron chi connectivity index (χ1n) is 8.20. The number of nitrogens with zero attached hydrogens (tertiary/aromatic N) is 4. The second kappa shape index (κ2) is 8.06. The number of nitrogens with one attached hydrogen (secondary N) is 1. The highest BCUT2D eigenvalue weighted by molar-refractivity contribution is 5.70. The van der Waals surface area contributed by atoms with Crippen molar-refractivity contribution < 1.29 is 23.8 Å². The molecule has 0 amide bonds.